The minimum Gasteiger partial charge on any atom is -0.483 e. The quantitative estimate of drug-likeness (QED) is 0.709. The zero-order chi connectivity index (χ0) is 14.5. The van der Waals surface area contributed by atoms with E-state index in [2.05, 4.69) is 43.8 Å². The first kappa shape index (κ1) is 15.3. The number of carbonyl (C=O) groups excluding carboxylic acids is 1. The predicted molar refractivity (Wildman–Crippen MR) is 92.2 cm³/mol. The smallest absolute Gasteiger partial charge is 0.262 e. The van der Waals surface area contributed by atoms with Gasteiger partial charge in [0.15, 0.2) is 6.61 Å². The number of amides is 1. The molecule has 0 bridgehead atoms. The summed E-state index contributed by atoms with van der Waals surface area (Å²) in [5, 5.41) is 2.84. The molecule has 3 nitrogen and oxygen atoms in total. The highest BCUT2D eigenvalue weighted by Crippen LogP contribution is 2.23. The van der Waals surface area contributed by atoms with Crippen LogP contribution in [0.2, 0.25) is 0 Å². The molecule has 0 aromatic heterocycles. The number of ether oxygens (including phenoxy) is 1. The van der Waals surface area contributed by atoms with Crippen molar-refractivity contribution >= 4 is 50.1 Å². The Morgan fingerprint density at radius 3 is 2.75 bits per heavy atom. The van der Waals surface area contributed by atoms with Gasteiger partial charge in [-0.05, 0) is 81.3 Å². The molecule has 2 aromatic rings. The molecular formula is C15H13BrINO2. The zero-order valence-electron chi connectivity index (χ0n) is 10.8. The van der Waals surface area contributed by atoms with E-state index in [0.717, 1.165) is 19.3 Å². The first-order valence-electron chi connectivity index (χ1n) is 5.99. The molecule has 0 spiro atoms. The number of hydrogen-bond donors (Lipinski definition) is 1. The Bertz CT molecular complexity index is 631. The van der Waals surface area contributed by atoms with Crippen molar-refractivity contribution in [1.29, 1.82) is 0 Å². The summed E-state index contributed by atoms with van der Waals surface area (Å²) in [5.41, 5.74) is 1.84. The molecule has 0 aliphatic heterocycles. The number of para-hydroxylation sites is 1. The molecular weight excluding hydrogens is 433 g/mol. The molecule has 1 N–H and O–H groups in total. The SMILES string of the molecule is Cc1cc(I)ccc1NC(=O)COc1ccccc1Br. The van der Waals surface area contributed by atoms with Crippen LogP contribution in [0.1, 0.15) is 5.56 Å². The van der Waals surface area contributed by atoms with E-state index < -0.39 is 0 Å². The van der Waals surface area contributed by atoms with Crippen molar-refractivity contribution < 1.29 is 9.53 Å². The zero-order valence-corrected chi connectivity index (χ0v) is 14.6. The van der Waals surface area contributed by atoms with Gasteiger partial charge in [0.1, 0.15) is 5.75 Å². The number of benzene rings is 2. The van der Waals surface area contributed by atoms with Gasteiger partial charge in [-0.3, -0.25) is 4.79 Å². The molecule has 2 rings (SSSR count). The lowest BCUT2D eigenvalue weighted by Crippen LogP contribution is -2.20. The lowest BCUT2D eigenvalue weighted by atomic mass is 10.2. The van der Waals surface area contributed by atoms with Crippen LogP contribution >= 0.6 is 38.5 Å². The fraction of sp³-hybridized carbons (Fsp3) is 0.133. The van der Waals surface area contributed by atoms with Crippen LogP contribution in [0, 0.1) is 10.5 Å². The normalized spacial score (nSPS) is 10.2. The second-order valence-corrected chi connectivity index (χ2v) is 6.33. The largest absolute Gasteiger partial charge is 0.483 e. The Balaban J connectivity index is 1.94. The van der Waals surface area contributed by atoms with Gasteiger partial charge in [-0.15, -0.1) is 0 Å². The molecule has 5 heteroatoms. The number of nitrogens with one attached hydrogen (secondary N) is 1. The first-order valence-corrected chi connectivity index (χ1v) is 7.87. The average molecular weight is 446 g/mol. The van der Waals surface area contributed by atoms with Crippen LogP contribution in [-0.4, -0.2) is 12.5 Å². The maximum absolute atomic E-state index is 11.9. The molecule has 0 saturated heterocycles. The van der Waals surface area contributed by atoms with Gasteiger partial charge in [0.05, 0.1) is 4.47 Å². The number of rotatable bonds is 4. The van der Waals surface area contributed by atoms with E-state index in [9.17, 15) is 4.79 Å². The van der Waals surface area contributed by atoms with E-state index in [-0.39, 0.29) is 12.5 Å². The van der Waals surface area contributed by atoms with E-state index in [1.165, 1.54) is 0 Å². The van der Waals surface area contributed by atoms with Crippen LogP contribution in [0.15, 0.2) is 46.9 Å². The van der Waals surface area contributed by atoms with E-state index >= 15 is 0 Å². The first-order chi connectivity index (χ1) is 9.56. The highest BCUT2D eigenvalue weighted by molar-refractivity contribution is 14.1. The van der Waals surface area contributed by atoms with E-state index in [1.807, 2.05) is 49.4 Å². The number of aryl methyl sites for hydroxylation is 1. The molecule has 0 saturated carbocycles. The maximum Gasteiger partial charge on any atom is 0.262 e. The molecule has 0 radical (unpaired) electrons. The Morgan fingerprint density at radius 1 is 1.30 bits per heavy atom. The van der Waals surface area contributed by atoms with E-state index in [0.29, 0.717) is 5.75 Å². The van der Waals surface area contributed by atoms with Crippen molar-refractivity contribution in [2.75, 3.05) is 11.9 Å². The van der Waals surface area contributed by atoms with Gasteiger partial charge in [0.2, 0.25) is 0 Å². The Morgan fingerprint density at radius 2 is 2.05 bits per heavy atom. The molecule has 0 fully saturated rings. The Hall–Kier alpha value is -1.08. The van der Waals surface area contributed by atoms with Crippen LogP contribution in [-0.2, 0) is 4.79 Å². The van der Waals surface area contributed by atoms with Gasteiger partial charge in [-0.2, -0.15) is 0 Å². The van der Waals surface area contributed by atoms with Crippen molar-refractivity contribution in [3.05, 3.63) is 56.1 Å². The van der Waals surface area contributed by atoms with Gasteiger partial charge in [0.25, 0.3) is 5.91 Å². The van der Waals surface area contributed by atoms with Crippen molar-refractivity contribution in [3.63, 3.8) is 0 Å². The molecule has 2 aromatic carbocycles. The fourth-order valence-corrected chi connectivity index (χ4v) is 2.70. The lowest BCUT2D eigenvalue weighted by molar-refractivity contribution is -0.118. The van der Waals surface area contributed by atoms with Crippen molar-refractivity contribution in [2.24, 2.45) is 0 Å². The maximum atomic E-state index is 11.9. The fourth-order valence-electron chi connectivity index (χ4n) is 1.66. The topological polar surface area (TPSA) is 38.3 Å². The van der Waals surface area contributed by atoms with E-state index in [4.69, 9.17) is 4.74 Å². The lowest BCUT2D eigenvalue weighted by Gasteiger charge is -2.10. The van der Waals surface area contributed by atoms with Crippen LogP contribution in [0.25, 0.3) is 0 Å². The summed E-state index contributed by atoms with van der Waals surface area (Å²) in [6.45, 7) is 1.94. The van der Waals surface area contributed by atoms with Crippen molar-refractivity contribution in [3.8, 4) is 5.75 Å². The van der Waals surface area contributed by atoms with Crippen LogP contribution in [0.4, 0.5) is 5.69 Å². The summed E-state index contributed by atoms with van der Waals surface area (Å²) in [6.07, 6.45) is 0. The second-order valence-electron chi connectivity index (χ2n) is 4.23. The molecule has 104 valence electrons. The average Bonchev–Trinajstić information content (AvgIpc) is 2.41. The van der Waals surface area contributed by atoms with E-state index in [1.54, 1.807) is 0 Å². The molecule has 0 unspecified atom stereocenters. The van der Waals surface area contributed by atoms with Crippen LogP contribution in [0.3, 0.4) is 0 Å². The molecule has 0 aliphatic carbocycles. The summed E-state index contributed by atoms with van der Waals surface area (Å²) < 4.78 is 7.45. The van der Waals surface area contributed by atoms with Crippen molar-refractivity contribution in [1.82, 2.24) is 0 Å². The summed E-state index contributed by atoms with van der Waals surface area (Å²) in [7, 11) is 0. The number of anilines is 1. The van der Waals surface area contributed by atoms with Crippen molar-refractivity contribution in [2.45, 2.75) is 6.92 Å². The summed E-state index contributed by atoms with van der Waals surface area (Å²) >= 11 is 5.62. The Labute approximate surface area is 140 Å². The molecule has 1 amide bonds. The molecule has 0 atom stereocenters. The molecule has 0 heterocycles. The highest BCUT2D eigenvalue weighted by atomic mass is 127. The second kappa shape index (κ2) is 7.08. The molecule has 20 heavy (non-hydrogen) atoms. The third-order valence-corrected chi connectivity index (χ3v) is 3.98. The summed E-state index contributed by atoms with van der Waals surface area (Å²) in [5.74, 6) is 0.479. The minimum atomic E-state index is -0.176. The Kier molecular flexibility index (Phi) is 5.42. The highest BCUT2D eigenvalue weighted by Gasteiger charge is 2.07. The third-order valence-electron chi connectivity index (χ3n) is 2.66. The summed E-state index contributed by atoms with van der Waals surface area (Å²) in [4.78, 5) is 11.9. The van der Waals surface area contributed by atoms with Gasteiger partial charge in [-0.1, -0.05) is 12.1 Å². The number of carbonyl (C=O) groups is 1. The van der Waals surface area contributed by atoms with Crippen LogP contribution in [0.5, 0.6) is 5.75 Å². The van der Waals surface area contributed by atoms with Crippen LogP contribution < -0.4 is 10.1 Å². The summed E-state index contributed by atoms with van der Waals surface area (Å²) in [6, 6.07) is 13.3. The minimum absolute atomic E-state index is 0.0198. The number of hydrogen-bond acceptors (Lipinski definition) is 2. The molecule has 0 aliphatic rings. The van der Waals surface area contributed by atoms with Gasteiger partial charge in [-0.25, -0.2) is 0 Å². The van der Waals surface area contributed by atoms with Gasteiger partial charge in [0, 0.05) is 9.26 Å². The third kappa shape index (κ3) is 4.21. The van der Waals surface area contributed by atoms with Gasteiger partial charge >= 0.3 is 0 Å². The number of halogens is 2. The predicted octanol–water partition coefficient (Wildman–Crippen LogP) is 4.38. The standard InChI is InChI=1S/C15H13BrINO2/c1-10-8-11(17)6-7-13(10)18-15(19)9-20-14-5-3-2-4-12(14)16/h2-8H,9H2,1H3,(H,18,19). The monoisotopic (exact) mass is 445 g/mol. The van der Waals surface area contributed by atoms with Gasteiger partial charge < -0.3 is 10.1 Å².